The van der Waals surface area contributed by atoms with E-state index < -0.39 is 17.1 Å². The normalized spacial score (nSPS) is 22.6. The fraction of sp³-hybridized carbons (Fsp3) is 0.600. The largest absolute Gasteiger partial charge is 0.389 e. The van der Waals surface area contributed by atoms with Crippen molar-refractivity contribution in [1.82, 2.24) is 9.97 Å². The predicted molar refractivity (Wildman–Crippen MR) is 67.1 cm³/mol. The molecule has 2 heterocycles. The Labute approximate surface area is 109 Å². The average molecular weight is 269 g/mol. The van der Waals surface area contributed by atoms with Crippen molar-refractivity contribution in [2.75, 3.05) is 29.9 Å². The van der Waals surface area contributed by atoms with Crippen LogP contribution >= 0.6 is 0 Å². The topological polar surface area (TPSA) is 125 Å². The molecule has 0 aromatic carbocycles. The quantitative estimate of drug-likeness (QED) is 0.487. The fourth-order valence-electron chi connectivity index (χ4n) is 1.91. The van der Waals surface area contributed by atoms with E-state index in [9.17, 15) is 20.3 Å². The Bertz CT molecular complexity index is 473. The van der Waals surface area contributed by atoms with Gasteiger partial charge in [0.2, 0.25) is 11.8 Å². The third kappa shape index (κ3) is 2.71. The lowest BCUT2D eigenvalue weighted by Crippen LogP contribution is -2.24. The van der Waals surface area contributed by atoms with Crippen molar-refractivity contribution < 1.29 is 15.1 Å². The van der Waals surface area contributed by atoms with Gasteiger partial charge in [0.05, 0.1) is 17.1 Å². The first-order valence-electron chi connectivity index (χ1n) is 5.89. The van der Waals surface area contributed by atoms with Crippen LogP contribution in [-0.4, -0.2) is 56.9 Å². The van der Waals surface area contributed by atoms with Gasteiger partial charge in [-0.05, 0) is 6.92 Å². The monoisotopic (exact) mass is 269 g/mol. The maximum absolute atomic E-state index is 11.0. The highest BCUT2D eigenvalue weighted by molar-refractivity contribution is 5.59. The maximum Gasteiger partial charge on any atom is 0.329 e. The summed E-state index contributed by atoms with van der Waals surface area (Å²) >= 11 is 0. The number of rotatable bonds is 4. The molecule has 19 heavy (non-hydrogen) atoms. The number of nitrogens with one attached hydrogen (secondary N) is 1. The summed E-state index contributed by atoms with van der Waals surface area (Å²) in [6.07, 6.45) is -0.744. The van der Waals surface area contributed by atoms with Crippen molar-refractivity contribution in [2.24, 2.45) is 0 Å². The molecule has 9 nitrogen and oxygen atoms in total. The Morgan fingerprint density at radius 2 is 2.16 bits per heavy atom. The zero-order valence-corrected chi connectivity index (χ0v) is 10.4. The molecule has 1 aromatic heterocycles. The molecule has 0 radical (unpaired) electrons. The van der Waals surface area contributed by atoms with Gasteiger partial charge in [-0.25, -0.2) is 4.98 Å². The van der Waals surface area contributed by atoms with Crippen molar-refractivity contribution in [3.8, 4) is 0 Å². The second-order valence-corrected chi connectivity index (χ2v) is 4.23. The van der Waals surface area contributed by atoms with Gasteiger partial charge in [-0.1, -0.05) is 0 Å². The minimum absolute atomic E-state index is 0.102. The minimum atomic E-state index is -0.933. The fourth-order valence-corrected chi connectivity index (χ4v) is 1.91. The van der Waals surface area contributed by atoms with Crippen LogP contribution in [0.15, 0.2) is 6.20 Å². The van der Waals surface area contributed by atoms with E-state index in [0.717, 1.165) is 6.20 Å². The summed E-state index contributed by atoms with van der Waals surface area (Å²) in [5.74, 6) is 0.380. The molecule has 2 rings (SSSR count). The van der Waals surface area contributed by atoms with Gasteiger partial charge in [0, 0.05) is 19.6 Å². The molecule has 0 saturated carbocycles. The number of aromatic nitrogens is 2. The van der Waals surface area contributed by atoms with Crippen molar-refractivity contribution >= 4 is 17.5 Å². The van der Waals surface area contributed by atoms with Crippen LogP contribution in [0.25, 0.3) is 0 Å². The second-order valence-electron chi connectivity index (χ2n) is 4.23. The molecule has 0 aliphatic carbocycles. The first-order valence-corrected chi connectivity index (χ1v) is 5.89. The zero-order chi connectivity index (χ0) is 14.0. The number of hydrogen-bond acceptors (Lipinski definition) is 8. The first kappa shape index (κ1) is 13.4. The van der Waals surface area contributed by atoms with E-state index >= 15 is 0 Å². The summed E-state index contributed by atoms with van der Waals surface area (Å²) in [6.45, 7) is 2.64. The maximum atomic E-state index is 11.0. The van der Waals surface area contributed by atoms with E-state index in [1.165, 1.54) is 4.90 Å². The summed E-state index contributed by atoms with van der Waals surface area (Å²) in [5, 5.41) is 32.8. The second kappa shape index (κ2) is 5.33. The van der Waals surface area contributed by atoms with Crippen LogP contribution in [0.3, 0.4) is 0 Å². The van der Waals surface area contributed by atoms with Crippen LogP contribution in [0, 0.1) is 10.1 Å². The van der Waals surface area contributed by atoms with E-state index in [4.69, 9.17) is 0 Å². The van der Waals surface area contributed by atoms with Crippen LogP contribution < -0.4 is 10.2 Å². The van der Waals surface area contributed by atoms with Crippen molar-refractivity contribution in [3.63, 3.8) is 0 Å². The lowest BCUT2D eigenvalue weighted by atomic mass is 10.3. The molecule has 1 aliphatic rings. The van der Waals surface area contributed by atoms with E-state index in [2.05, 4.69) is 15.3 Å². The standard InChI is InChI=1S/C10H15N5O4/c1-2-11-10-12-3-6(15(18)19)9(13-10)14-4-7(16)8(17)5-14/h3,7-8,16-17H,2,4-5H2,1H3,(H,11,12,13). The van der Waals surface area contributed by atoms with Crippen LogP contribution in [0.5, 0.6) is 0 Å². The molecule has 3 N–H and O–H groups in total. The van der Waals surface area contributed by atoms with Gasteiger partial charge in [-0.3, -0.25) is 10.1 Å². The van der Waals surface area contributed by atoms with Gasteiger partial charge in [0.25, 0.3) is 0 Å². The Hall–Kier alpha value is -2.00. The van der Waals surface area contributed by atoms with Gasteiger partial charge in [0.15, 0.2) is 0 Å². The average Bonchev–Trinajstić information content (AvgIpc) is 2.69. The van der Waals surface area contributed by atoms with Crippen molar-refractivity contribution in [2.45, 2.75) is 19.1 Å². The van der Waals surface area contributed by atoms with Gasteiger partial charge < -0.3 is 20.4 Å². The van der Waals surface area contributed by atoms with E-state index in [1.54, 1.807) is 0 Å². The van der Waals surface area contributed by atoms with Crippen LogP contribution in [0.2, 0.25) is 0 Å². The highest BCUT2D eigenvalue weighted by Crippen LogP contribution is 2.29. The van der Waals surface area contributed by atoms with E-state index in [0.29, 0.717) is 6.54 Å². The molecule has 2 atom stereocenters. The lowest BCUT2D eigenvalue weighted by Gasteiger charge is -2.16. The molecular formula is C10H15N5O4. The number of nitrogens with zero attached hydrogens (tertiary/aromatic N) is 4. The lowest BCUT2D eigenvalue weighted by molar-refractivity contribution is -0.384. The number of aliphatic hydroxyl groups excluding tert-OH is 2. The number of anilines is 2. The first-order chi connectivity index (χ1) is 9.02. The van der Waals surface area contributed by atoms with Crippen molar-refractivity contribution in [3.05, 3.63) is 16.3 Å². The smallest absolute Gasteiger partial charge is 0.329 e. The predicted octanol–water partition coefficient (Wildman–Crippen LogP) is -0.642. The number of aliphatic hydroxyl groups is 2. The third-order valence-electron chi connectivity index (χ3n) is 2.84. The molecular weight excluding hydrogens is 254 g/mol. The Morgan fingerprint density at radius 3 is 2.68 bits per heavy atom. The summed E-state index contributed by atoms with van der Waals surface area (Å²) in [5.41, 5.74) is -0.247. The molecule has 0 spiro atoms. The molecule has 1 aliphatic heterocycles. The Kier molecular flexibility index (Phi) is 3.76. The number of hydrogen-bond donors (Lipinski definition) is 3. The molecule has 9 heteroatoms. The molecule has 0 amide bonds. The van der Waals surface area contributed by atoms with Crippen molar-refractivity contribution in [1.29, 1.82) is 0 Å². The van der Waals surface area contributed by atoms with Crippen LogP contribution in [-0.2, 0) is 0 Å². The molecule has 1 fully saturated rings. The molecule has 104 valence electrons. The summed E-state index contributed by atoms with van der Waals surface area (Å²) in [4.78, 5) is 19.8. The van der Waals surface area contributed by atoms with Gasteiger partial charge >= 0.3 is 5.69 Å². The van der Waals surface area contributed by atoms with Gasteiger partial charge in [-0.15, -0.1) is 0 Å². The Morgan fingerprint density at radius 1 is 1.53 bits per heavy atom. The van der Waals surface area contributed by atoms with Gasteiger partial charge in [-0.2, -0.15) is 4.98 Å². The van der Waals surface area contributed by atoms with Crippen LogP contribution in [0.4, 0.5) is 17.5 Å². The summed E-state index contributed by atoms with van der Waals surface area (Å²) < 4.78 is 0. The molecule has 2 unspecified atom stereocenters. The van der Waals surface area contributed by atoms with E-state index in [1.807, 2.05) is 6.92 Å². The molecule has 1 saturated heterocycles. The molecule has 1 aromatic rings. The summed E-state index contributed by atoms with van der Waals surface area (Å²) in [7, 11) is 0. The minimum Gasteiger partial charge on any atom is -0.389 e. The Balaban J connectivity index is 2.35. The highest BCUT2D eigenvalue weighted by atomic mass is 16.6. The third-order valence-corrected chi connectivity index (χ3v) is 2.84. The summed E-state index contributed by atoms with van der Waals surface area (Å²) in [6, 6.07) is 0. The zero-order valence-electron chi connectivity index (χ0n) is 10.4. The van der Waals surface area contributed by atoms with E-state index in [-0.39, 0.29) is 30.5 Å². The number of β-amino-alcohol motifs (C(OH)–C–C–N with tert-alkyl or cyclic N) is 2. The number of nitro groups is 1. The SMILES string of the molecule is CCNc1ncc([N+](=O)[O-])c(N2CC(O)C(O)C2)n1. The molecule has 0 bridgehead atoms. The van der Waals surface area contributed by atoms with Crippen LogP contribution in [0.1, 0.15) is 6.92 Å². The highest BCUT2D eigenvalue weighted by Gasteiger charge is 2.34. The van der Waals surface area contributed by atoms with Gasteiger partial charge in [0.1, 0.15) is 6.20 Å².